The second kappa shape index (κ2) is 4.45. The average molecular weight is 272 g/mol. The Labute approximate surface area is 107 Å². The lowest BCUT2D eigenvalue weighted by Crippen LogP contribution is -2.29. The monoisotopic (exact) mass is 271 g/mol. The van der Waals surface area contributed by atoms with Crippen molar-refractivity contribution in [1.29, 1.82) is 0 Å². The number of benzene rings is 1. The summed E-state index contributed by atoms with van der Waals surface area (Å²) in [6, 6.07) is 2.32. The lowest BCUT2D eigenvalue weighted by Gasteiger charge is -2.18. The summed E-state index contributed by atoms with van der Waals surface area (Å²) < 4.78 is 13.2. The third kappa shape index (κ3) is 2.11. The quantitative estimate of drug-likeness (QED) is 0.783. The molecule has 18 heavy (non-hydrogen) atoms. The molecule has 0 radical (unpaired) electrons. The maximum Gasteiger partial charge on any atom is 0.227 e. The summed E-state index contributed by atoms with van der Waals surface area (Å²) in [7, 11) is 0. The minimum absolute atomic E-state index is 0.0315. The van der Waals surface area contributed by atoms with Crippen molar-refractivity contribution in [2.75, 3.05) is 17.2 Å². The van der Waals surface area contributed by atoms with E-state index in [1.54, 1.807) is 0 Å². The highest BCUT2D eigenvalue weighted by molar-refractivity contribution is 6.31. The van der Waals surface area contributed by atoms with Gasteiger partial charge in [0.05, 0.1) is 22.3 Å². The molecule has 1 fully saturated rings. The molecule has 0 saturated carbocycles. The highest BCUT2D eigenvalue weighted by Gasteiger charge is 2.35. The number of carbonyl (C=O) groups is 2. The van der Waals surface area contributed by atoms with Crippen LogP contribution in [-0.4, -0.2) is 18.4 Å². The van der Waals surface area contributed by atoms with Crippen molar-refractivity contribution in [3.05, 3.63) is 23.0 Å². The molecule has 1 saturated heterocycles. The number of nitrogens with two attached hydrogens (primary N) is 2. The summed E-state index contributed by atoms with van der Waals surface area (Å²) >= 11 is 5.65. The normalized spacial score (nSPS) is 19.3. The minimum atomic E-state index is -0.656. The maximum absolute atomic E-state index is 13.2. The van der Waals surface area contributed by atoms with Gasteiger partial charge in [-0.15, -0.1) is 0 Å². The highest BCUT2D eigenvalue weighted by Crippen LogP contribution is 2.33. The summed E-state index contributed by atoms with van der Waals surface area (Å²) in [5.41, 5.74) is 11.2. The van der Waals surface area contributed by atoms with Crippen LogP contribution < -0.4 is 16.4 Å². The lowest BCUT2D eigenvalue weighted by atomic mass is 10.1. The van der Waals surface area contributed by atoms with E-state index >= 15 is 0 Å². The molecule has 0 spiro atoms. The minimum Gasteiger partial charge on any atom is -0.397 e. The van der Waals surface area contributed by atoms with Crippen LogP contribution in [0.25, 0.3) is 0 Å². The van der Waals surface area contributed by atoms with Crippen LogP contribution in [0, 0.1) is 11.7 Å². The molecule has 1 atom stereocenters. The molecular weight excluding hydrogens is 261 g/mol. The topological polar surface area (TPSA) is 89.4 Å². The molecule has 4 N–H and O–H groups in total. The van der Waals surface area contributed by atoms with E-state index in [9.17, 15) is 14.0 Å². The zero-order valence-electron chi connectivity index (χ0n) is 9.32. The van der Waals surface area contributed by atoms with Gasteiger partial charge in [-0.05, 0) is 6.07 Å². The average Bonchev–Trinajstić information content (AvgIpc) is 2.66. The van der Waals surface area contributed by atoms with Crippen molar-refractivity contribution in [3.63, 3.8) is 0 Å². The standard InChI is InChI=1S/C11H11ClFN3O2/c12-6-2-9(8(14)3-7(6)13)16-4-5(11(15)18)1-10(16)17/h2-3,5H,1,4,14H2,(H2,15,18). The molecular formula is C11H11ClFN3O2. The first-order valence-corrected chi connectivity index (χ1v) is 5.62. The molecule has 5 nitrogen and oxygen atoms in total. The van der Waals surface area contributed by atoms with Crippen molar-refractivity contribution < 1.29 is 14.0 Å². The fourth-order valence-corrected chi connectivity index (χ4v) is 2.07. The van der Waals surface area contributed by atoms with Gasteiger partial charge in [0.1, 0.15) is 5.82 Å². The number of amides is 2. The number of primary amides is 1. The van der Waals surface area contributed by atoms with Crippen molar-refractivity contribution in [3.8, 4) is 0 Å². The zero-order valence-corrected chi connectivity index (χ0v) is 10.1. The second-order valence-electron chi connectivity index (χ2n) is 4.13. The molecule has 0 aliphatic carbocycles. The number of nitrogen functional groups attached to an aromatic ring is 1. The van der Waals surface area contributed by atoms with Gasteiger partial charge in [-0.25, -0.2) is 4.39 Å². The molecule has 1 aromatic rings. The van der Waals surface area contributed by atoms with Crippen molar-refractivity contribution in [1.82, 2.24) is 0 Å². The molecule has 7 heteroatoms. The summed E-state index contributed by atoms with van der Waals surface area (Å²) in [6.45, 7) is 0.139. The SMILES string of the molecule is NC(=O)C1CC(=O)N(c2cc(Cl)c(F)cc2N)C1. The highest BCUT2D eigenvalue weighted by atomic mass is 35.5. The van der Waals surface area contributed by atoms with Gasteiger partial charge in [0.2, 0.25) is 11.8 Å². The number of anilines is 2. The smallest absolute Gasteiger partial charge is 0.227 e. The molecule has 2 rings (SSSR count). The van der Waals surface area contributed by atoms with Crippen LogP contribution in [0.4, 0.5) is 15.8 Å². The summed E-state index contributed by atoms with van der Waals surface area (Å²) in [6.07, 6.45) is 0.0315. The molecule has 0 bridgehead atoms. The molecule has 1 unspecified atom stereocenters. The van der Waals surface area contributed by atoms with E-state index in [1.807, 2.05) is 0 Å². The van der Waals surface area contributed by atoms with Crippen LogP contribution >= 0.6 is 11.6 Å². The van der Waals surface area contributed by atoms with E-state index in [-0.39, 0.29) is 29.6 Å². The van der Waals surface area contributed by atoms with Crippen LogP contribution in [0.3, 0.4) is 0 Å². The summed E-state index contributed by atoms with van der Waals surface area (Å²) in [4.78, 5) is 24.1. The molecule has 1 aliphatic rings. The Bertz CT molecular complexity index is 535. The van der Waals surface area contributed by atoms with Crippen molar-refractivity contribution >= 4 is 34.8 Å². The van der Waals surface area contributed by atoms with Crippen LogP contribution in [0.2, 0.25) is 5.02 Å². The number of hydrogen-bond donors (Lipinski definition) is 2. The third-order valence-electron chi connectivity index (χ3n) is 2.89. The van der Waals surface area contributed by atoms with E-state index in [4.69, 9.17) is 23.1 Å². The Morgan fingerprint density at radius 1 is 1.50 bits per heavy atom. The molecule has 0 aromatic heterocycles. The van der Waals surface area contributed by atoms with Crippen LogP contribution in [0.5, 0.6) is 0 Å². The maximum atomic E-state index is 13.2. The molecule has 2 amide bonds. The van der Waals surface area contributed by atoms with E-state index in [0.29, 0.717) is 5.69 Å². The summed E-state index contributed by atoms with van der Waals surface area (Å²) in [5, 5.41) is -0.130. The first kappa shape index (κ1) is 12.6. The van der Waals surface area contributed by atoms with Gasteiger partial charge in [-0.2, -0.15) is 0 Å². The summed E-state index contributed by atoms with van der Waals surface area (Å²) in [5.74, 6) is -2.04. The number of halogens is 2. The van der Waals surface area contributed by atoms with Crippen molar-refractivity contribution in [2.24, 2.45) is 11.7 Å². The van der Waals surface area contributed by atoms with Gasteiger partial charge in [-0.1, -0.05) is 11.6 Å². The number of hydrogen-bond acceptors (Lipinski definition) is 3. The third-order valence-corrected chi connectivity index (χ3v) is 3.18. The zero-order chi connectivity index (χ0) is 13.4. The van der Waals surface area contributed by atoms with E-state index in [2.05, 4.69) is 0 Å². The van der Waals surface area contributed by atoms with E-state index < -0.39 is 17.6 Å². The molecule has 1 aliphatic heterocycles. The first-order valence-electron chi connectivity index (χ1n) is 5.24. The first-order chi connectivity index (χ1) is 8.40. The Hall–Kier alpha value is -1.82. The fourth-order valence-electron chi connectivity index (χ4n) is 1.92. The molecule has 1 heterocycles. The van der Waals surface area contributed by atoms with Gasteiger partial charge < -0.3 is 16.4 Å². The lowest BCUT2D eigenvalue weighted by molar-refractivity contribution is -0.123. The number of carbonyl (C=O) groups excluding carboxylic acids is 2. The predicted octanol–water partition coefficient (Wildman–Crippen LogP) is 0.899. The van der Waals surface area contributed by atoms with Gasteiger partial charge in [0.25, 0.3) is 0 Å². The Balaban J connectivity index is 2.35. The van der Waals surface area contributed by atoms with Crippen LogP contribution in [-0.2, 0) is 9.59 Å². The van der Waals surface area contributed by atoms with Gasteiger partial charge in [-0.3, -0.25) is 9.59 Å². The van der Waals surface area contributed by atoms with E-state index in [0.717, 1.165) is 6.07 Å². The van der Waals surface area contributed by atoms with Crippen LogP contribution in [0.15, 0.2) is 12.1 Å². The van der Waals surface area contributed by atoms with Gasteiger partial charge in [0.15, 0.2) is 0 Å². The Kier molecular flexibility index (Phi) is 3.13. The number of nitrogens with zero attached hydrogens (tertiary/aromatic N) is 1. The largest absolute Gasteiger partial charge is 0.397 e. The molecule has 1 aromatic carbocycles. The Morgan fingerprint density at radius 2 is 2.17 bits per heavy atom. The Morgan fingerprint density at radius 3 is 2.72 bits per heavy atom. The number of rotatable bonds is 2. The fraction of sp³-hybridized carbons (Fsp3) is 0.273. The van der Waals surface area contributed by atoms with Crippen LogP contribution in [0.1, 0.15) is 6.42 Å². The molecule has 96 valence electrons. The predicted molar refractivity (Wildman–Crippen MR) is 65.5 cm³/mol. The van der Waals surface area contributed by atoms with Gasteiger partial charge in [0, 0.05) is 19.0 Å². The van der Waals surface area contributed by atoms with Gasteiger partial charge >= 0.3 is 0 Å². The second-order valence-corrected chi connectivity index (χ2v) is 4.54. The van der Waals surface area contributed by atoms with E-state index in [1.165, 1.54) is 11.0 Å². The van der Waals surface area contributed by atoms with Crippen molar-refractivity contribution in [2.45, 2.75) is 6.42 Å².